The van der Waals surface area contributed by atoms with Gasteiger partial charge >= 0.3 is 11.0 Å². The van der Waals surface area contributed by atoms with E-state index in [-0.39, 0.29) is 20.5 Å². The highest BCUT2D eigenvalue weighted by Crippen LogP contribution is 2.37. The van der Waals surface area contributed by atoms with Crippen LogP contribution in [0, 0.1) is 0 Å². The first-order chi connectivity index (χ1) is 16.9. The Morgan fingerprint density at radius 2 is 1.78 bits per heavy atom. The van der Waals surface area contributed by atoms with Crippen LogP contribution >= 0.6 is 22.9 Å². The van der Waals surface area contributed by atoms with E-state index in [9.17, 15) is 31.2 Å². The highest BCUT2D eigenvalue weighted by molar-refractivity contribution is 7.92. The molecule has 0 unspecified atom stereocenters. The third-order valence-electron chi connectivity index (χ3n) is 5.24. The van der Waals surface area contributed by atoms with Crippen molar-refractivity contribution in [3.05, 3.63) is 87.0 Å². The van der Waals surface area contributed by atoms with Crippen molar-refractivity contribution in [1.29, 1.82) is 0 Å². The summed E-state index contributed by atoms with van der Waals surface area (Å²) in [5.41, 5.74) is -0.698. The number of alkyl halides is 3. The summed E-state index contributed by atoms with van der Waals surface area (Å²) in [5, 5.41) is 2.25. The van der Waals surface area contributed by atoms with Gasteiger partial charge in [0.1, 0.15) is 6.54 Å². The van der Waals surface area contributed by atoms with Crippen molar-refractivity contribution in [3.8, 4) is 0 Å². The number of carbonyl (C=O) groups is 1. The Balaban J connectivity index is 1.73. The molecule has 1 aromatic heterocycles. The molecule has 1 amide bonds. The highest BCUT2D eigenvalue weighted by atomic mass is 35.5. The molecule has 1 heterocycles. The Bertz CT molecular complexity index is 1620. The van der Waals surface area contributed by atoms with Gasteiger partial charge in [0.2, 0.25) is 5.91 Å². The molecule has 4 rings (SSSR count). The van der Waals surface area contributed by atoms with E-state index in [2.05, 4.69) is 5.32 Å². The number of amides is 1. The first kappa shape index (κ1) is 25.7. The molecule has 0 saturated carbocycles. The Morgan fingerprint density at radius 1 is 1.08 bits per heavy atom. The van der Waals surface area contributed by atoms with E-state index >= 15 is 0 Å². The number of nitrogens with zero attached hydrogens (tertiary/aromatic N) is 2. The molecule has 0 aliphatic carbocycles. The number of hydrogen-bond donors (Lipinski definition) is 1. The number of benzene rings is 3. The zero-order valence-corrected chi connectivity index (χ0v) is 20.8. The Kier molecular flexibility index (Phi) is 6.86. The van der Waals surface area contributed by atoms with Crippen molar-refractivity contribution in [2.45, 2.75) is 11.1 Å². The molecule has 1 N–H and O–H groups in total. The van der Waals surface area contributed by atoms with Gasteiger partial charge in [0.15, 0.2) is 0 Å². The lowest BCUT2D eigenvalue weighted by Gasteiger charge is -2.26. The van der Waals surface area contributed by atoms with Gasteiger partial charge < -0.3 is 9.88 Å². The number of carbonyl (C=O) groups excluding carboxylic acids is 1. The van der Waals surface area contributed by atoms with Crippen LogP contribution in [0.25, 0.3) is 10.2 Å². The van der Waals surface area contributed by atoms with Crippen molar-refractivity contribution in [3.63, 3.8) is 0 Å². The maximum atomic E-state index is 13.4. The molecule has 0 aliphatic rings. The number of hydrogen-bond acceptors (Lipinski definition) is 5. The van der Waals surface area contributed by atoms with Crippen LogP contribution in [0.5, 0.6) is 0 Å². The summed E-state index contributed by atoms with van der Waals surface area (Å²) >= 11 is 7.09. The summed E-state index contributed by atoms with van der Waals surface area (Å²) in [7, 11) is -2.88. The van der Waals surface area contributed by atoms with E-state index in [1.807, 2.05) is 0 Å². The summed E-state index contributed by atoms with van der Waals surface area (Å²) in [6.45, 7) is -0.860. The number of sulfonamides is 1. The van der Waals surface area contributed by atoms with Gasteiger partial charge in [0.25, 0.3) is 10.0 Å². The Morgan fingerprint density at radius 3 is 2.44 bits per heavy atom. The van der Waals surface area contributed by atoms with Crippen molar-refractivity contribution in [2.24, 2.45) is 7.05 Å². The van der Waals surface area contributed by atoms with Crippen LogP contribution in [0.4, 0.5) is 24.5 Å². The van der Waals surface area contributed by atoms with E-state index in [0.717, 1.165) is 23.5 Å². The summed E-state index contributed by atoms with van der Waals surface area (Å²) in [5.74, 6) is -0.828. The molecule has 0 atom stereocenters. The summed E-state index contributed by atoms with van der Waals surface area (Å²) < 4.78 is 69.5. The van der Waals surface area contributed by atoms with Crippen molar-refractivity contribution < 1.29 is 26.4 Å². The highest BCUT2D eigenvalue weighted by Gasteiger charge is 2.34. The van der Waals surface area contributed by atoms with Gasteiger partial charge in [-0.3, -0.25) is 13.9 Å². The van der Waals surface area contributed by atoms with E-state index < -0.39 is 39.9 Å². The van der Waals surface area contributed by atoms with Crippen molar-refractivity contribution in [2.75, 3.05) is 16.2 Å². The minimum absolute atomic E-state index is 0.201. The van der Waals surface area contributed by atoms with Crippen LogP contribution in [-0.2, 0) is 28.0 Å². The van der Waals surface area contributed by atoms with E-state index in [1.54, 1.807) is 25.2 Å². The minimum atomic E-state index is -4.77. The summed E-state index contributed by atoms with van der Waals surface area (Å²) in [6.07, 6.45) is -4.77. The van der Waals surface area contributed by atoms with Crippen molar-refractivity contribution in [1.82, 2.24) is 4.57 Å². The van der Waals surface area contributed by atoms with Crippen molar-refractivity contribution >= 4 is 60.5 Å². The predicted octanol–water partition coefficient (Wildman–Crippen LogP) is 5.11. The molecule has 13 heteroatoms. The molecule has 36 heavy (non-hydrogen) atoms. The third-order valence-corrected chi connectivity index (χ3v) is 8.33. The lowest BCUT2D eigenvalue weighted by Crippen LogP contribution is -2.38. The van der Waals surface area contributed by atoms with Crippen LogP contribution in [0.2, 0.25) is 5.02 Å². The second kappa shape index (κ2) is 9.60. The van der Waals surface area contributed by atoms with E-state index in [0.29, 0.717) is 20.6 Å². The number of aromatic nitrogens is 1. The van der Waals surface area contributed by atoms with Crippen LogP contribution in [0.1, 0.15) is 5.56 Å². The largest absolute Gasteiger partial charge is 0.416 e. The molecule has 0 spiro atoms. The summed E-state index contributed by atoms with van der Waals surface area (Å²) in [6, 6.07) is 13.9. The fraction of sp³-hybridized carbons (Fsp3) is 0.130. The first-order valence-corrected chi connectivity index (χ1v) is 12.9. The standard InChI is InChI=1S/C23H17ClF3N3O4S2/c1-29-18-10-8-15(12-20(18)35-22(29)32)28-21(31)13-30(36(33,34)16-5-3-2-4-6-16)19-11-14(23(25,26)27)7-9-17(19)24/h2-12H,13H2,1H3,(H,28,31). The first-order valence-electron chi connectivity index (χ1n) is 10.2. The molecule has 0 saturated heterocycles. The topological polar surface area (TPSA) is 88.5 Å². The molecule has 0 radical (unpaired) electrons. The quantitative estimate of drug-likeness (QED) is 0.358. The van der Waals surface area contributed by atoms with Gasteiger partial charge in [0, 0.05) is 12.7 Å². The number of anilines is 2. The van der Waals surface area contributed by atoms with E-state index in [4.69, 9.17) is 11.6 Å². The average Bonchev–Trinajstić information content (AvgIpc) is 3.10. The number of aryl methyl sites for hydroxylation is 1. The van der Waals surface area contributed by atoms with Gasteiger partial charge in [-0.1, -0.05) is 41.1 Å². The lowest BCUT2D eigenvalue weighted by atomic mass is 10.2. The predicted molar refractivity (Wildman–Crippen MR) is 133 cm³/mol. The maximum absolute atomic E-state index is 13.4. The smallest absolute Gasteiger partial charge is 0.324 e. The Hall–Kier alpha value is -3.35. The number of nitrogens with one attached hydrogen (secondary N) is 1. The molecule has 7 nitrogen and oxygen atoms in total. The number of thiazole rings is 1. The third kappa shape index (κ3) is 5.11. The van der Waals surface area contributed by atoms with Crippen LogP contribution in [0.3, 0.4) is 0 Å². The molecule has 0 fully saturated rings. The number of rotatable bonds is 6. The number of fused-ring (bicyclic) bond motifs is 1. The number of halogens is 4. The zero-order chi connectivity index (χ0) is 26.3. The maximum Gasteiger partial charge on any atom is 0.416 e. The van der Waals surface area contributed by atoms with Gasteiger partial charge in [0.05, 0.1) is 31.4 Å². The molecule has 188 valence electrons. The molecular weight excluding hydrogens is 539 g/mol. The van der Waals surface area contributed by atoms with Gasteiger partial charge in [-0.05, 0) is 48.5 Å². The molecule has 4 aromatic rings. The fourth-order valence-electron chi connectivity index (χ4n) is 3.44. The summed E-state index contributed by atoms with van der Waals surface area (Å²) in [4.78, 5) is 24.4. The zero-order valence-electron chi connectivity index (χ0n) is 18.4. The van der Waals surface area contributed by atoms with Gasteiger partial charge in [-0.2, -0.15) is 13.2 Å². The SMILES string of the molecule is Cn1c(=O)sc2cc(NC(=O)CN(c3cc(C(F)(F)F)ccc3Cl)S(=O)(=O)c3ccccc3)ccc21. The normalized spacial score (nSPS) is 12.0. The Labute approximate surface area is 212 Å². The van der Waals surface area contributed by atoms with Gasteiger partial charge in [-0.15, -0.1) is 0 Å². The molecule has 3 aromatic carbocycles. The van der Waals surface area contributed by atoms with Crippen LogP contribution in [0.15, 0.2) is 76.4 Å². The average molecular weight is 556 g/mol. The minimum Gasteiger partial charge on any atom is -0.324 e. The van der Waals surface area contributed by atoms with Crippen LogP contribution in [-0.4, -0.2) is 25.4 Å². The fourth-order valence-corrected chi connectivity index (χ4v) is 6.08. The molecule has 0 bridgehead atoms. The second-order valence-electron chi connectivity index (χ2n) is 7.65. The molecular formula is C23H17ClF3N3O4S2. The van der Waals surface area contributed by atoms with Crippen LogP contribution < -0.4 is 14.5 Å². The molecule has 0 aliphatic heterocycles. The lowest BCUT2D eigenvalue weighted by molar-refractivity contribution is -0.137. The second-order valence-corrected chi connectivity index (χ2v) is 10.9. The van der Waals surface area contributed by atoms with Gasteiger partial charge in [-0.25, -0.2) is 8.42 Å². The monoisotopic (exact) mass is 555 g/mol. The van der Waals surface area contributed by atoms with E-state index in [1.165, 1.54) is 34.9 Å².